The second kappa shape index (κ2) is 6.37. The Morgan fingerprint density at radius 3 is 2.43 bits per heavy atom. The number of aliphatic carboxylic acids is 1. The Morgan fingerprint density at radius 1 is 1.43 bits per heavy atom. The molecule has 0 aliphatic heterocycles. The van der Waals surface area contributed by atoms with Gasteiger partial charge in [-0.05, 0) is 12.8 Å². The molecular formula is C9H17NO4. The maximum atomic E-state index is 11.2. The van der Waals surface area contributed by atoms with E-state index in [1.807, 2.05) is 6.92 Å². The standard InChI is InChI=1S/C9H17NO4/c1-6(5-14-3)4-8(11)10-7(2)9(12)13/h6-7H,4-5H2,1-3H3,(H,10,11)(H,12,13). The summed E-state index contributed by atoms with van der Waals surface area (Å²) in [4.78, 5) is 21.6. The summed E-state index contributed by atoms with van der Waals surface area (Å²) in [6, 6.07) is -0.836. The van der Waals surface area contributed by atoms with E-state index in [1.54, 1.807) is 7.11 Å². The lowest BCUT2D eigenvalue weighted by atomic mass is 10.1. The number of methoxy groups -OCH3 is 1. The first kappa shape index (κ1) is 12.9. The Kier molecular flexibility index (Phi) is 5.87. The topological polar surface area (TPSA) is 75.6 Å². The Balaban J connectivity index is 3.80. The average Bonchev–Trinajstić information content (AvgIpc) is 2.03. The minimum absolute atomic E-state index is 0.0981. The first-order valence-electron chi connectivity index (χ1n) is 4.48. The molecule has 5 nitrogen and oxygen atoms in total. The number of hydrogen-bond acceptors (Lipinski definition) is 3. The molecule has 2 unspecified atom stereocenters. The molecule has 0 spiro atoms. The van der Waals surface area contributed by atoms with Crippen LogP contribution in [0.1, 0.15) is 20.3 Å². The molecule has 0 saturated carbocycles. The first-order chi connectivity index (χ1) is 6.47. The van der Waals surface area contributed by atoms with Crippen molar-refractivity contribution >= 4 is 11.9 Å². The van der Waals surface area contributed by atoms with Crippen LogP contribution in [0.4, 0.5) is 0 Å². The van der Waals surface area contributed by atoms with Gasteiger partial charge in [-0.25, -0.2) is 0 Å². The molecule has 2 atom stereocenters. The second-order valence-electron chi connectivity index (χ2n) is 3.39. The van der Waals surface area contributed by atoms with Gasteiger partial charge in [-0.2, -0.15) is 0 Å². The molecule has 0 radical (unpaired) electrons. The predicted molar refractivity (Wildman–Crippen MR) is 50.9 cm³/mol. The van der Waals surface area contributed by atoms with Crippen molar-refractivity contribution in [3.05, 3.63) is 0 Å². The Labute approximate surface area is 83.4 Å². The molecule has 0 aliphatic carbocycles. The van der Waals surface area contributed by atoms with E-state index in [4.69, 9.17) is 9.84 Å². The lowest BCUT2D eigenvalue weighted by Gasteiger charge is -2.12. The highest BCUT2D eigenvalue weighted by atomic mass is 16.5. The Morgan fingerprint density at radius 2 is 2.00 bits per heavy atom. The molecule has 2 N–H and O–H groups in total. The third kappa shape index (κ3) is 5.53. The lowest BCUT2D eigenvalue weighted by Crippen LogP contribution is -2.39. The SMILES string of the molecule is COCC(C)CC(=O)NC(C)C(=O)O. The average molecular weight is 203 g/mol. The molecule has 1 amide bonds. The van der Waals surface area contributed by atoms with Crippen molar-refractivity contribution in [3.63, 3.8) is 0 Å². The summed E-state index contributed by atoms with van der Waals surface area (Å²) in [5.41, 5.74) is 0. The summed E-state index contributed by atoms with van der Waals surface area (Å²) in [5.74, 6) is -1.19. The number of carbonyl (C=O) groups is 2. The number of hydrogen-bond donors (Lipinski definition) is 2. The molecule has 0 heterocycles. The largest absolute Gasteiger partial charge is 0.480 e. The van der Waals surface area contributed by atoms with Crippen LogP contribution in [0.2, 0.25) is 0 Å². The van der Waals surface area contributed by atoms with Gasteiger partial charge in [0.15, 0.2) is 0 Å². The van der Waals surface area contributed by atoms with Gasteiger partial charge in [0.05, 0.1) is 0 Å². The fraction of sp³-hybridized carbons (Fsp3) is 0.778. The maximum Gasteiger partial charge on any atom is 0.325 e. The van der Waals surface area contributed by atoms with E-state index in [0.717, 1.165) is 0 Å². The zero-order valence-corrected chi connectivity index (χ0v) is 8.74. The molecule has 5 heteroatoms. The van der Waals surface area contributed by atoms with Gasteiger partial charge < -0.3 is 15.2 Å². The van der Waals surface area contributed by atoms with E-state index < -0.39 is 12.0 Å². The quantitative estimate of drug-likeness (QED) is 0.648. The molecule has 0 fully saturated rings. The number of carboxylic acids is 1. The van der Waals surface area contributed by atoms with E-state index in [0.29, 0.717) is 6.61 Å². The number of ether oxygens (including phenoxy) is 1. The second-order valence-corrected chi connectivity index (χ2v) is 3.39. The summed E-state index contributed by atoms with van der Waals surface area (Å²) < 4.78 is 4.86. The van der Waals surface area contributed by atoms with Crippen LogP contribution >= 0.6 is 0 Å². The minimum atomic E-state index is -1.03. The van der Waals surface area contributed by atoms with Crippen molar-refractivity contribution in [1.29, 1.82) is 0 Å². The van der Waals surface area contributed by atoms with E-state index in [1.165, 1.54) is 6.92 Å². The van der Waals surface area contributed by atoms with Crippen LogP contribution in [0.25, 0.3) is 0 Å². The van der Waals surface area contributed by atoms with Gasteiger partial charge in [0.2, 0.25) is 5.91 Å². The summed E-state index contributed by atoms with van der Waals surface area (Å²) in [6.07, 6.45) is 0.283. The zero-order chi connectivity index (χ0) is 11.1. The Bertz CT molecular complexity index is 205. The van der Waals surface area contributed by atoms with Gasteiger partial charge in [0.1, 0.15) is 6.04 Å². The fourth-order valence-corrected chi connectivity index (χ4v) is 1.02. The third-order valence-electron chi connectivity index (χ3n) is 1.73. The van der Waals surface area contributed by atoms with Crippen LogP contribution in [0, 0.1) is 5.92 Å². The molecule has 0 aliphatic rings. The van der Waals surface area contributed by atoms with Crippen LogP contribution in [-0.4, -0.2) is 36.7 Å². The first-order valence-corrected chi connectivity index (χ1v) is 4.48. The fourth-order valence-electron chi connectivity index (χ4n) is 1.02. The van der Waals surface area contributed by atoms with Gasteiger partial charge in [0.25, 0.3) is 0 Å². The van der Waals surface area contributed by atoms with Crippen LogP contribution in [0.3, 0.4) is 0 Å². The van der Waals surface area contributed by atoms with Crippen LogP contribution in [0.5, 0.6) is 0 Å². The molecule has 0 bridgehead atoms. The van der Waals surface area contributed by atoms with Crippen molar-refractivity contribution in [2.45, 2.75) is 26.3 Å². The van der Waals surface area contributed by atoms with E-state index in [2.05, 4.69) is 5.32 Å². The summed E-state index contributed by atoms with van der Waals surface area (Å²) in [5, 5.41) is 10.9. The highest BCUT2D eigenvalue weighted by Crippen LogP contribution is 2.01. The summed E-state index contributed by atoms with van der Waals surface area (Å²) in [7, 11) is 1.56. The molecule has 82 valence electrons. The maximum absolute atomic E-state index is 11.2. The van der Waals surface area contributed by atoms with Crippen molar-refractivity contribution in [2.24, 2.45) is 5.92 Å². The van der Waals surface area contributed by atoms with Crippen molar-refractivity contribution in [3.8, 4) is 0 Å². The smallest absolute Gasteiger partial charge is 0.325 e. The van der Waals surface area contributed by atoms with E-state index in [9.17, 15) is 9.59 Å². The normalized spacial score (nSPS) is 14.5. The summed E-state index contributed by atoms with van der Waals surface area (Å²) in [6.45, 7) is 3.80. The lowest BCUT2D eigenvalue weighted by molar-refractivity contribution is -0.141. The van der Waals surface area contributed by atoms with Crippen molar-refractivity contribution < 1.29 is 19.4 Å². The number of nitrogens with one attached hydrogen (secondary N) is 1. The van der Waals surface area contributed by atoms with Crippen LogP contribution in [0.15, 0.2) is 0 Å². The van der Waals surface area contributed by atoms with Crippen molar-refractivity contribution in [2.75, 3.05) is 13.7 Å². The number of rotatable bonds is 6. The van der Waals surface area contributed by atoms with Gasteiger partial charge in [-0.3, -0.25) is 9.59 Å². The Hall–Kier alpha value is -1.10. The van der Waals surface area contributed by atoms with Gasteiger partial charge >= 0.3 is 5.97 Å². The van der Waals surface area contributed by atoms with E-state index >= 15 is 0 Å². The van der Waals surface area contributed by atoms with Crippen LogP contribution < -0.4 is 5.32 Å². The zero-order valence-electron chi connectivity index (χ0n) is 8.74. The molecule has 0 aromatic carbocycles. The monoisotopic (exact) mass is 203 g/mol. The highest BCUT2D eigenvalue weighted by Gasteiger charge is 2.15. The van der Waals surface area contributed by atoms with Gasteiger partial charge in [-0.15, -0.1) is 0 Å². The number of amides is 1. The molecule has 0 rings (SSSR count). The van der Waals surface area contributed by atoms with Gasteiger partial charge in [0, 0.05) is 20.1 Å². The van der Waals surface area contributed by atoms with Crippen LogP contribution in [-0.2, 0) is 14.3 Å². The predicted octanol–water partition coefficient (Wildman–Crippen LogP) is 0.248. The molecule has 0 aromatic heterocycles. The minimum Gasteiger partial charge on any atom is -0.480 e. The molecule has 0 aromatic rings. The number of carbonyl (C=O) groups excluding carboxylic acids is 1. The molecule has 14 heavy (non-hydrogen) atoms. The molecule has 0 saturated heterocycles. The van der Waals surface area contributed by atoms with Gasteiger partial charge in [-0.1, -0.05) is 6.92 Å². The van der Waals surface area contributed by atoms with E-state index in [-0.39, 0.29) is 18.2 Å². The number of carboxylic acid groups (broad SMARTS) is 1. The highest BCUT2D eigenvalue weighted by molar-refractivity contribution is 5.83. The summed E-state index contributed by atoms with van der Waals surface area (Å²) >= 11 is 0. The van der Waals surface area contributed by atoms with Crippen molar-refractivity contribution in [1.82, 2.24) is 5.32 Å². The third-order valence-corrected chi connectivity index (χ3v) is 1.73. The molecular weight excluding hydrogens is 186 g/mol.